The summed E-state index contributed by atoms with van der Waals surface area (Å²) in [5.41, 5.74) is 5.83. The maximum atomic E-state index is 12.2. The summed E-state index contributed by atoms with van der Waals surface area (Å²) in [6, 6.07) is 0.0790. The quantitative estimate of drug-likeness (QED) is 0.799. The minimum absolute atomic E-state index is 0.0535. The van der Waals surface area contributed by atoms with E-state index in [1.807, 2.05) is 27.8 Å². The molecule has 4 heteroatoms. The average Bonchev–Trinajstić information content (AvgIpc) is 2.61. The van der Waals surface area contributed by atoms with Crippen LogP contribution >= 0.6 is 0 Å². The SMILES string of the molecule is CN(CC1CCCN1C)C(=O)[C@H](N)C(C)(C)C. The first-order valence-corrected chi connectivity index (χ1v) is 6.44. The lowest BCUT2D eigenvalue weighted by Gasteiger charge is -2.32. The van der Waals surface area contributed by atoms with Crippen molar-refractivity contribution in [2.75, 3.05) is 27.2 Å². The van der Waals surface area contributed by atoms with Crippen molar-refractivity contribution in [2.24, 2.45) is 11.1 Å². The Morgan fingerprint density at radius 2 is 2.12 bits per heavy atom. The number of likely N-dealkylation sites (N-methyl/N-ethyl adjacent to an activating group) is 2. The van der Waals surface area contributed by atoms with Gasteiger partial charge in [-0.3, -0.25) is 4.79 Å². The Kier molecular flexibility index (Phi) is 4.55. The number of amides is 1. The van der Waals surface area contributed by atoms with E-state index in [1.165, 1.54) is 12.8 Å². The Bertz CT molecular complexity index is 272. The van der Waals surface area contributed by atoms with Crippen LogP contribution in [-0.2, 0) is 4.79 Å². The summed E-state index contributed by atoms with van der Waals surface area (Å²) in [6.07, 6.45) is 2.41. The van der Waals surface area contributed by atoms with Crippen molar-refractivity contribution in [3.8, 4) is 0 Å². The second-order valence-electron chi connectivity index (χ2n) is 6.34. The highest BCUT2D eigenvalue weighted by molar-refractivity contribution is 5.82. The first-order chi connectivity index (χ1) is 7.73. The molecule has 0 radical (unpaired) electrons. The molecule has 0 aromatic rings. The van der Waals surface area contributed by atoms with Gasteiger partial charge in [-0.2, -0.15) is 0 Å². The Hall–Kier alpha value is -0.610. The van der Waals surface area contributed by atoms with Gasteiger partial charge in [0.25, 0.3) is 0 Å². The molecule has 2 N–H and O–H groups in total. The van der Waals surface area contributed by atoms with Gasteiger partial charge in [-0.15, -0.1) is 0 Å². The molecular weight excluding hydrogens is 214 g/mol. The van der Waals surface area contributed by atoms with E-state index >= 15 is 0 Å². The Labute approximate surface area is 105 Å². The van der Waals surface area contributed by atoms with Crippen LogP contribution in [-0.4, -0.2) is 55.0 Å². The van der Waals surface area contributed by atoms with Crippen molar-refractivity contribution in [1.82, 2.24) is 9.80 Å². The minimum Gasteiger partial charge on any atom is -0.343 e. The molecule has 1 rings (SSSR count). The van der Waals surface area contributed by atoms with Gasteiger partial charge in [0.2, 0.25) is 5.91 Å². The van der Waals surface area contributed by atoms with Gasteiger partial charge in [-0.05, 0) is 31.8 Å². The summed E-state index contributed by atoms with van der Waals surface area (Å²) in [5, 5.41) is 0. The van der Waals surface area contributed by atoms with E-state index in [2.05, 4.69) is 11.9 Å². The molecule has 1 amide bonds. The summed E-state index contributed by atoms with van der Waals surface area (Å²) >= 11 is 0. The molecule has 0 aromatic heterocycles. The Balaban J connectivity index is 2.52. The van der Waals surface area contributed by atoms with E-state index in [1.54, 1.807) is 4.90 Å². The third kappa shape index (κ3) is 3.68. The molecule has 1 saturated heterocycles. The molecule has 0 bridgehead atoms. The maximum Gasteiger partial charge on any atom is 0.239 e. The van der Waals surface area contributed by atoms with Crippen LogP contribution in [0.2, 0.25) is 0 Å². The van der Waals surface area contributed by atoms with Crippen LogP contribution in [0.25, 0.3) is 0 Å². The van der Waals surface area contributed by atoms with Crippen LogP contribution in [0.3, 0.4) is 0 Å². The number of carbonyl (C=O) groups is 1. The van der Waals surface area contributed by atoms with Gasteiger partial charge >= 0.3 is 0 Å². The van der Waals surface area contributed by atoms with Crippen molar-refractivity contribution in [3.05, 3.63) is 0 Å². The third-order valence-corrected chi connectivity index (χ3v) is 3.73. The maximum absolute atomic E-state index is 12.2. The summed E-state index contributed by atoms with van der Waals surface area (Å²) < 4.78 is 0. The molecule has 1 heterocycles. The molecule has 4 nitrogen and oxygen atoms in total. The molecular formula is C13H27N3O. The van der Waals surface area contributed by atoms with Gasteiger partial charge in [0.05, 0.1) is 6.04 Å². The highest BCUT2D eigenvalue weighted by atomic mass is 16.2. The lowest BCUT2D eigenvalue weighted by atomic mass is 9.86. The summed E-state index contributed by atoms with van der Waals surface area (Å²) in [4.78, 5) is 16.3. The van der Waals surface area contributed by atoms with Crippen LogP contribution in [0.5, 0.6) is 0 Å². The highest BCUT2D eigenvalue weighted by Crippen LogP contribution is 2.20. The van der Waals surface area contributed by atoms with Crippen molar-refractivity contribution in [3.63, 3.8) is 0 Å². The number of likely N-dealkylation sites (tertiary alicyclic amines) is 1. The predicted octanol–water partition coefficient (Wildman–Crippen LogP) is 0.912. The molecule has 1 fully saturated rings. The van der Waals surface area contributed by atoms with Crippen molar-refractivity contribution in [2.45, 2.75) is 45.7 Å². The molecule has 0 aliphatic carbocycles. The zero-order chi connectivity index (χ0) is 13.2. The Morgan fingerprint density at radius 3 is 2.53 bits per heavy atom. The average molecular weight is 241 g/mol. The van der Waals surface area contributed by atoms with Crippen molar-refractivity contribution >= 4 is 5.91 Å². The minimum atomic E-state index is -0.417. The van der Waals surface area contributed by atoms with Crippen LogP contribution in [0.15, 0.2) is 0 Å². The number of nitrogens with zero attached hydrogens (tertiary/aromatic N) is 2. The standard InChI is InChI=1S/C13H27N3O/c1-13(2,3)11(14)12(17)16(5)9-10-7-6-8-15(10)4/h10-11H,6-9,14H2,1-5H3/t10?,11-/m0/s1. The van der Waals surface area contributed by atoms with Gasteiger partial charge < -0.3 is 15.5 Å². The topological polar surface area (TPSA) is 49.6 Å². The van der Waals surface area contributed by atoms with Crippen molar-refractivity contribution < 1.29 is 4.79 Å². The number of carbonyl (C=O) groups excluding carboxylic acids is 1. The van der Waals surface area contributed by atoms with Gasteiger partial charge in [-0.1, -0.05) is 20.8 Å². The number of rotatable bonds is 3. The van der Waals surface area contributed by atoms with Crippen LogP contribution in [0.1, 0.15) is 33.6 Å². The number of hydrogen-bond donors (Lipinski definition) is 1. The first-order valence-electron chi connectivity index (χ1n) is 6.44. The fourth-order valence-corrected chi connectivity index (χ4v) is 2.22. The van der Waals surface area contributed by atoms with Crippen LogP contribution in [0, 0.1) is 5.41 Å². The van der Waals surface area contributed by atoms with E-state index in [-0.39, 0.29) is 11.3 Å². The van der Waals surface area contributed by atoms with E-state index in [9.17, 15) is 4.79 Å². The normalized spacial score (nSPS) is 23.8. The van der Waals surface area contributed by atoms with Gasteiger partial charge in [-0.25, -0.2) is 0 Å². The van der Waals surface area contributed by atoms with E-state index in [0.717, 1.165) is 13.1 Å². The fraction of sp³-hybridized carbons (Fsp3) is 0.923. The van der Waals surface area contributed by atoms with Crippen LogP contribution in [0.4, 0.5) is 0 Å². The van der Waals surface area contributed by atoms with Gasteiger partial charge in [0.15, 0.2) is 0 Å². The zero-order valence-corrected chi connectivity index (χ0v) is 11.9. The molecule has 17 heavy (non-hydrogen) atoms. The van der Waals surface area contributed by atoms with Crippen LogP contribution < -0.4 is 5.73 Å². The largest absolute Gasteiger partial charge is 0.343 e. The van der Waals surface area contributed by atoms with E-state index < -0.39 is 6.04 Å². The van der Waals surface area contributed by atoms with Gasteiger partial charge in [0.1, 0.15) is 0 Å². The molecule has 2 atom stereocenters. The smallest absolute Gasteiger partial charge is 0.239 e. The van der Waals surface area contributed by atoms with E-state index in [0.29, 0.717) is 6.04 Å². The summed E-state index contributed by atoms with van der Waals surface area (Å²) in [7, 11) is 3.99. The highest BCUT2D eigenvalue weighted by Gasteiger charge is 2.31. The summed E-state index contributed by atoms with van der Waals surface area (Å²) in [5.74, 6) is 0.0535. The molecule has 0 aromatic carbocycles. The number of hydrogen-bond acceptors (Lipinski definition) is 3. The molecule has 0 spiro atoms. The lowest BCUT2D eigenvalue weighted by Crippen LogP contribution is -2.51. The molecule has 100 valence electrons. The molecule has 1 unspecified atom stereocenters. The molecule has 1 aliphatic heterocycles. The third-order valence-electron chi connectivity index (χ3n) is 3.73. The lowest BCUT2D eigenvalue weighted by molar-refractivity contribution is -0.134. The monoisotopic (exact) mass is 241 g/mol. The van der Waals surface area contributed by atoms with Gasteiger partial charge in [0, 0.05) is 19.6 Å². The molecule has 1 aliphatic rings. The Morgan fingerprint density at radius 1 is 1.53 bits per heavy atom. The second-order valence-corrected chi connectivity index (χ2v) is 6.34. The summed E-state index contributed by atoms with van der Waals surface area (Å²) in [6.45, 7) is 7.94. The van der Waals surface area contributed by atoms with E-state index in [4.69, 9.17) is 5.73 Å². The predicted molar refractivity (Wildman–Crippen MR) is 70.7 cm³/mol. The zero-order valence-electron chi connectivity index (χ0n) is 11.9. The number of nitrogens with two attached hydrogens (primary N) is 1. The molecule has 0 saturated carbocycles. The second kappa shape index (κ2) is 5.36. The first kappa shape index (κ1) is 14.5. The fourth-order valence-electron chi connectivity index (χ4n) is 2.22. The van der Waals surface area contributed by atoms with Crippen molar-refractivity contribution in [1.29, 1.82) is 0 Å².